The molecular formula is C18H20N2O3. The van der Waals surface area contributed by atoms with E-state index in [0.29, 0.717) is 12.1 Å². The molecule has 1 saturated heterocycles. The van der Waals surface area contributed by atoms with Gasteiger partial charge in [-0.2, -0.15) is 0 Å². The van der Waals surface area contributed by atoms with Gasteiger partial charge in [-0.3, -0.25) is 4.79 Å². The van der Waals surface area contributed by atoms with Gasteiger partial charge in [-0.05, 0) is 37.0 Å². The standard InChI is InChI=1S/C18H20N2O3/c21-17-15(9-6-11-19-17)16-10-4-5-12-20(16)18(22)23-13-14-7-2-1-3-8-14/h1-3,6-9,11,16H,4-5,10,12-13H2,(H,19,21)/t16-/m0/s1. The lowest BCUT2D eigenvalue weighted by molar-refractivity contribution is 0.0676. The van der Waals surface area contributed by atoms with Crippen molar-refractivity contribution < 1.29 is 9.53 Å². The minimum absolute atomic E-state index is 0.139. The van der Waals surface area contributed by atoms with Gasteiger partial charge in [0.15, 0.2) is 0 Å². The number of carbonyl (C=O) groups excluding carboxylic acids is 1. The first-order valence-corrected chi connectivity index (χ1v) is 7.90. The van der Waals surface area contributed by atoms with Gasteiger partial charge >= 0.3 is 6.09 Å². The number of nitrogens with one attached hydrogen (secondary N) is 1. The van der Waals surface area contributed by atoms with Crippen molar-refractivity contribution in [3.05, 3.63) is 70.1 Å². The molecule has 0 spiro atoms. The molecule has 1 N–H and O–H groups in total. The molecule has 120 valence electrons. The Kier molecular flexibility index (Phi) is 4.76. The van der Waals surface area contributed by atoms with E-state index < -0.39 is 0 Å². The highest BCUT2D eigenvalue weighted by Gasteiger charge is 2.30. The second-order valence-corrected chi connectivity index (χ2v) is 5.70. The SMILES string of the molecule is O=C(OCc1ccccc1)N1CCCC[C@H]1c1ccc[nH]c1=O. The molecule has 1 aliphatic heterocycles. The normalized spacial score (nSPS) is 17.7. The molecule has 2 aromatic rings. The van der Waals surface area contributed by atoms with Crippen LogP contribution in [0.15, 0.2) is 53.5 Å². The number of H-pyrrole nitrogens is 1. The quantitative estimate of drug-likeness (QED) is 0.946. The Morgan fingerprint density at radius 3 is 2.78 bits per heavy atom. The van der Waals surface area contributed by atoms with E-state index in [2.05, 4.69) is 4.98 Å². The molecule has 5 nitrogen and oxygen atoms in total. The van der Waals surface area contributed by atoms with Crippen LogP contribution in [-0.2, 0) is 11.3 Å². The molecule has 1 aromatic carbocycles. The van der Waals surface area contributed by atoms with E-state index >= 15 is 0 Å². The van der Waals surface area contributed by atoms with Gasteiger partial charge in [-0.15, -0.1) is 0 Å². The van der Waals surface area contributed by atoms with Crippen LogP contribution in [0.2, 0.25) is 0 Å². The van der Waals surface area contributed by atoms with Gasteiger partial charge in [0.05, 0.1) is 6.04 Å². The summed E-state index contributed by atoms with van der Waals surface area (Å²) in [5.74, 6) is 0. The van der Waals surface area contributed by atoms with Crippen LogP contribution in [0.25, 0.3) is 0 Å². The molecule has 0 unspecified atom stereocenters. The molecule has 0 radical (unpaired) electrons. The van der Waals surface area contributed by atoms with Crippen LogP contribution in [0, 0.1) is 0 Å². The van der Waals surface area contributed by atoms with Gasteiger partial charge in [0.2, 0.25) is 0 Å². The van der Waals surface area contributed by atoms with Gasteiger partial charge in [0.25, 0.3) is 5.56 Å². The van der Waals surface area contributed by atoms with Crippen LogP contribution >= 0.6 is 0 Å². The molecule has 1 amide bonds. The van der Waals surface area contributed by atoms with E-state index in [0.717, 1.165) is 24.8 Å². The van der Waals surface area contributed by atoms with Crippen LogP contribution in [0.1, 0.15) is 36.4 Å². The molecule has 1 fully saturated rings. The van der Waals surface area contributed by atoms with Crippen molar-refractivity contribution in [2.75, 3.05) is 6.54 Å². The minimum atomic E-state index is -0.359. The fourth-order valence-corrected chi connectivity index (χ4v) is 2.97. The Balaban J connectivity index is 1.72. The number of aromatic amines is 1. The van der Waals surface area contributed by atoms with Gasteiger partial charge in [0.1, 0.15) is 6.61 Å². The van der Waals surface area contributed by atoms with Gasteiger partial charge in [-0.25, -0.2) is 4.79 Å². The summed E-state index contributed by atoms with van der Waals surface area (Å²) in [7, 11) is 0. The van der Waals surface area contributed by atoms with Gasteiger partial charge in [0, 0.05) is 18.3 Å². The third-order valence-electron chi connectivity index (χ3n) is 4.15. The molecule has 2 heterocycles. The first kappa shape index (κ1) is 15.3. The maximum atomic E-state index is 12.5. The summed E-state index contributed by atoms with van der Waals surface area (Å²) >= 11 is 0. The number of likely N-dealkylation sites (tertiary alicyclic amines) is 1. The number of aromatic nitrogens is 1. The van der Waals surface area contributed by atoms with E-state index in [4.69, 9.17) is 4.74 Å². The summed E-state index contributed by atoms with van der Waals surface area (Å²) in [5, 5.41) is 0. The molecule has 5 heteroatoms. The summed E-state index contributed by atoms with van der Waals surface area (Å²) in [6.07, 6.45) is 3.96. The maximum Gasteiger partial charge on any atom is 0.410 e. The zero-order chi connectivity index (χ0) is 16.1. The Hall–Kier alpha value is -2.56. The number of pyridine rings is 1. The summed E-state index contributed by atoms with van der Waals surface area (Å²) in [5.41, 5.74) is 1.44. The maximum absolute atomic E-state index is 12.5. The average Bonchev–Trinajstić information content (AvgIpc) is 2.61. The third-order valence-corrected chi connectivity index (χ3v) is 4.15. The van der Waals surface area contributed by atoms with Crippen LogP contribution in [0.5, 0.6) is 0 Å². The van der Waals surface area contributed by atoms with Crippen molar-refractivity contribution in [1.29, 1.82) is 0 Å². The van der Waals surface area contributed by atoms with E-state index in [1.807, 2.05) is 30.3 Å². The highest BCUT2D eigenvalue weighted by molar-refractivity contribution is 5.68. The van der Waals surface area contributed by atoms with E-state index in [1.165, 1.54) is 0 Å². The lowest BCUT2D eigenvalue weighted by atomic mass is 9.97. The number of carbonyl (C=O) groups is 1. The molecule has 1 aliphatic rings. The zero-order valence-electron chi connectivity index (χ0n) is 12.9. The molecule has 0 bridgehead atoms. The van der Waals surface area contributed by atoms with Crippen molar-refractivity contribution in [3.63, 3.8) is 0 Å². The lowest BCUT2D eigenvalue weighted by Gasteiger charge is -2.34. The molecule has 0 aliphatic carbocycles. The lowest BCUT2D eigenvalue weighted by Crippen LogP contribution is -2.40. The smallest absolute Gasteiger partial charge is 0.410 e. The fraction of sp³-hybridized carbons (Fsp3) is 0.333. The number of ether oxygens (including phenoxy) is 1. The number of nitrogens with zero attached hydrogens (tertiary/aromatic N) is 1. The third kappa shape index (κ3) is 3.62. The zero-order valence-corrected chi connectivity index (χ0v) is 12.9. The highest BCUT2D eigenvalue weighted by Crippen LogP contribution is 2.29. The summed E-state index contributed by atoms with van der Waals surface area (Å²) in [6, 6.07) is 13.0. The number of benzene rings is 1. The second kappa shape index (κ2) is 7.13. The first-order valence-electron chi connectivity index (χ1n) is 7.90. The Morgan fingerprint density at radius 1 is 1.17 bits per heavy atom. The Bertz CT molecular complexity index is 711. The van der Waals surface area contributed by atoms with Crippen LogP contribution in [-0.4, -0.2) is 22.5 Å². The van der Waals surface area contributed by atoms with Crippen molar-refractivity contribution >= 4 is 6.09 Å². The monoisotopic (exact) mass is 312 g/mol. The number of hydrogen-bond acceptors (Lipinski definition) is 3. The summed E-state index contributed by atoms with van der Waals surface area (Å²) in [4.78, 5) is 28.8. The first-order chi connectivity index (χ1) is 11.3. The van der Waals surface area contributed by atoms with Crippen molar-refractivity contribution in [2.45, 2.75) is 31.9 Å². The van der Waals surface area contributed by atoms with Crippen LogP contribution in [0.3, 0.4) is 0 Å². The summed E-state index contributed by atoms with van der Waals surface area (Å²) in [6.45, 7) is 0.862. The predicted molar refractivity (Wildman–Crippen MR) is 87.0 cm³/mol. The second-order valence-electron chi connectivity index (χ2n) is 5.70. The largest absolute Gasteiger partial charge is 0.445 e. The Labute approximate surface area is 134 Å². The predicted octanol–water partition coefficient (Wildman–Crippen LogP) is 3.24. The summed E-state index contributed by atoms with van der Waals surface area (Å²) < 4.78 is 5.43. The number of hydrogen-bond donors (Lipinski definition) is 1. The van der Waals surface area contributed by atoms with Crippen LogP contribution in [0.4, 0.5) is 4.79 Å². The average molecular weight is 312 g/mol. The molecule has 23 heavy (non-hydrogen) atoms. The van der Waals surface area contributed by atoms with Crippen molar-refractivity contribution in [2.24, 2.45) is 0 Å². The van der Waals surface area contributed by atoms with Gasteiger partial charge in [-0.1, -0.05) is 30.3 Å². The minimum Gasteiger partial charge on any atom is -0.445 e. The van der Waals surface area contributed by atoms with Crippen molar-refractivity contribution in [1.82, 2.24) is 9.88 Å². The van der Waals surface area contributed by atoms with Gasteiger partial charge < -0.3 is 14.6 Å². The molecular weight excluding hydrogens is 292 g/mol. The topological polar surface area (TPSA) is 62.4 Å². The molecule has 1 atom stereocenters. The van der Waals surface area contributed by atoms with Crippen molar-refractivity contribution in [3.8, 4) is 0 Å². The van der Waals surface area contributed by atoms with E-state index in [1.54, 1.807) is 23.2 Å². The van der Waals surface area contributed by atoms with Crippen LogP contribution < -0.4 is 5.56 Å². The molecule has 3 rings (SSSR count). The molecule has 0 saturated carbocycles. The number of amides is 1. The van der Waals surface area contributed by atoms with E-state index in [-0.39, 0.29) is 24.3 Å². The molecule has 1 aromatic heterocycles. The van der Waals surface area contributed by atoms with E-state index in [9.17, 15) is 9.59 Å². The Morgan fingerprint density at radius 2 is 2.00 bits per heavy atom. The number of rotatable bonds is 3. The highest BCUT2D eigenvalue weighted by atomic mass is 16.6. The number of piperidine rings is 1. The fourth-order valence-electron chi connectivity index (χ4n) is 2.97.